The third-order valence-electron chi connectivity index (χ3n) is 5.18. The Morgan fingerprint density at radius 1 is 0.750 bits per heavy atom. The van der Waals surface area contributed by atoms with Gasteiger partial charge in [0, 0.05) is 19.3 Å². The molecule has 5 heteroatoms. The number of hydrogen-bond donors (Lipinski definition) is 0. The van der Waals surface area contributed by atoms with Crippen LogP contribution in [0.25, 0.3) is 0 Å². The average molecular weight is 432 g/mol. The van der Waals surface area contributed by atoms with Crippen LogP contribution in [0.2, 0.25) is 0 Å². The van der Waals surface area contributed by atoms with Crippen LogP contribution in [0.4, 0.5) is 5.69 Å². The number of rotatable bonds is 12. The predicted octanol–water partition coefficient (Wildman–Crippen LogP) is 4.66. The molecule has 0 saturated carbocycles. The Morgan fingerprint density at radius 3 is 1.81 bits per heavy atom. The zero-order chi connectivity index (χ0) is 22.6. The summed E-state index contributed by atoms with van der Waals surface area (Å²) in [5, 5.41) is 0. The highest BCUT2D eigenvalue weighted by Crippen LogP contribution is 2.18. The summed E-state index contributed by atoms with van der Waals surface area (Å²) in [7, 11) is 1.69. The lowest BCUT2D eigenvalue weighted by molar-refractivity contribution is -0.136. The minimum absolute atomic E-state index is 0.118. The fourth-order valence-corrected chi connectivity index (χ4v) is 3.34. The molecule has 3 aromatic carbocycles. The summed E-state index contributed by atoms with van der Waals surface area (Å²) in [5.41, 5.74) is 2.77. The van der Waals surface area contributed by atoms with Crippen LogP contribution in [0.5, 0.6) is 0 Å². The van der Waals surface area contributed by atoms with Crippen molar-refractivity contribution in [2.75, 3.05) is 25.2 Å². The van der Waals surface area contributed by atoms with Gasteiger partial charge in [0.05, 0.1) is 13.2 Å². The van der Waals surface area contributed by atoms with Gasteiger partial charge in [0.15, 0.2) is 5.78 Å². The molecule has 0 bridgehead atoms. The van der Waals surface area contributed by atoms with Gasteiger partial charge < -0.3 is 14.4 Å². The lowest BCUT2D eigenvalue weighted by atomic mass is 9.98. The molecule has 0 aliphatic heterocycles. The molecule has 0 aliphatic carbocycles. The number of Topliss-reactive ketones (excluding diaryl/α,β-unsaturated/α-hetero) is 1. The van der Waals surface area contributed by atoms with Crippen molar-refractivity contribution >= 4 is 17.4 Å². The summed E-state index contributed by atoms with van der Waals surface area (Å²) in [6.07, 6.45) is 0.302. The summed E-state index contributed by atoms with van der Waals surface area (Å²) in [4.78, 5) is 27.6. The zero-order valence-electron chi connectivity index (χ0n) is 18.4. The number of amides is 1. The molecular formula is C27H29NO4. The van der Waals surface area contributed by atoms with E-state index in [2.05, 4.69) is 0 Å². The van der Waals surface area contributed by atoms with Gasteiger partial charge in [-0.3, -0.25) is 9.59 Å². The SMILES string of the molecule is CN(C(=O)C(CCOCc1ccccc1)C(=O)COCc1ccccc1)c1ccccc1. The first-order chi connectivity index (χ1) is 15.6. The molecule has 0 radical (unpaired) electrons. The van der Waals surface area contributed by atoms with E-state index < -0.39 is 5.92 Å². The number of para-hydroxylation sites is 1. The maximum Gasteiger partial charge on any atom is 0.237 e. The number of nitrogens with zero attached hydrogens (tertiary/aromatic N) is 1. The minimum atomic E-state index is -0.827. The van der Waals surface area contributed by atoms with Crippen LogP contribution in [-0.2, 0) is 32.3 Å². The van der Waals surface area contributed by atoms with Crippen molar-refractivity contribution in [2.45, 2.75) is 19.6 Å². The Kier molecular flexibility index (Phi) is 9.17. The second-order valence-electron chi connectivity index (χ2n) is 7.56. The molecule has 0 heterocycles. The molecule has 1 unspecified atom stereocenters. The van der Waals surface area contributed by atoms with E-state index in [0.717, 1.165) is 16.8 Å². The lowest BCUT2D eigenvalue weighted by Crippen LogP contribution is -2.39. The van der Waals surface area contributed by atoms with E-state index >= 15 is 0 Å². The highest BCUT2D eigenvalue weighted by atomic mass is 16.5. The zero-order valence-corrected chi connectivity index (χ0v) is 18.4. The monoisotopic (exact) mass is 431 g/mol. The minimum Gasteiger partial charge on any atom is -0.377 e. The van der Waals surface area contributed by atoms with Crippen LogP contribution in [-0.4, -0.2) is 32.0 Å². The van der Waals surface area contributed by atoms with E-state index in [1.165, 1.54) is 4.90 Å². The van der Waals surface area contributed by atoms with Crippen molar-refractivity contribution in [3.8, 4) is 0 Å². The van der Waals surface area contributed by atoms with Gasteiger partial charge in [0.2, 0.25) is 5.91 Å². The van der Waals surface area contributed by atoms with E-state index in [0.29, 0.717) is 26.2 Å². The number of anilines is 1. The molecule has 0 fully saturated rings. The first-order valence-corrected chi connectivity index (χ1v) is 10.7. The van der Waals surface area contributed by atoms with Gasteiger partial charge in [0.25, 0.3) is 0 Å². The van der Waals surface area contributed by atoms with E-state index in [4.69, 9.17) is 9.47 Å². The fraction of sp³-hybridized carbons (Fsp3) is 0.259. The number of carbonyl (C=O) groups excluding carboxylic acids is 2. The Labute approximate surface area is 189 Å². The predicted molar refractivity (Wildman–Crippen MR) is 125 cm³/mol. The first-order valence-electron chi connectivity index (χ1n) is 10.7. The molecular weight excluding hydrogens is 402 g/mol. The Bertz CT molecular complexity index is 961. The van der Waals surface area contributed by atoms with Crippen molar-refractivity contribution in [3.63, 3.8) is 0 Å². The van der Waals surface area contributed by atoms with Crippen LogP contribution >= 0.6 is 0 Å². The molecule has 0 aliphatic rings. The molecule has 32 heavy (non-hydrogen) atoms. The summed E-state index contributed by atoms with van der Waals surface area (Å²) in [6, 6.07) is 28.8. The normalized spacial score (nSPS) is 11.7. The summed E-state index contributed by atoms with van der Waals surface area (Å²) < 4.78 is 11.4. The van der Waals surface area contributed by atoms with Gasteiger partial charge in [-0.1, -0.05) is 78.9 Å². The van der Waals surface area contributed by atoms with Crippen molar-refractivity contribution < 1.29 is 19.1 Å². The molecule has 0 saturated heterocycles. The average Bonchev–Trinajstić information content (AvgIpc) is 2.85. The molecule has 3 rings (SSSR count). The van der Waals surface area contributed by atoms with E-state index in [1.54, 1.807) is 7.05 Å². The first kappa shape index (κ1) is 23.4. The molecule has 3 aromatic rings. The lowest BCUT2D eigenvalue weighted by Gasteiger charge is -2.23. The molecule has 0 N–H and O–H groups in total. The smallest absolute Gasteiger partial charge is 0.237 e. The van der Waals surface area contributed by atoms with Crippen molar-refractivity contribution in [2.24, 2.45) is 5.92 Å². The van der Waals surface area contributed by atoms with Crippen LogP contribution < -0.4 is 4.90 Å². The number of hydrogen-bond acceptors (Lipinski definition) is 4. The quantitative estimate of drug-likeness (QED) is 0.309. The molecule has 5 nitrogen and oxygen atoms in total. The van der Waals surface area contributed by atoms with Gasteiger partial charge in [-0.25, -0.2) is 0 Å². The maximum atomic E-state index is 13.2. The summed E-state index contributed by atoms with van der Waals surface area (Å²) in [6.45, 7) is 0.951. The highest BCUT2D eigenvalue weighted by molar-refractivity contribution is 6.08. The molecule has 0 spiro atoms. The Balaban J connectivity index is 1.59. The van der Waals surface area contributed by atoms with Crippen molar-refractivity contribution in [1.29, 1.82) is 0 Å². The van der Waals surface area contributed by atoms with Gasteiger partial charge in [0.1, 0.15) is 12.5 Å². The van der Waals surface area contributed by atoms with E-state index in [9.17, 15) is 9.59 Å². The fourth-order valence-electron chi connectivity index (χ4n) is 3.34. The highest BCUT2D eigenvalue weighted by Gasteiger charge is 2.29. The topological polar surface area (TPSA) is 55.8 Å². The van der Waals surface area contributed by atoms with Crippen LogP contribution in [0, 0.1) is 5.92 Å². The van der Waals surface area contributed by atoms with Crippen LogP contribution in [0.1, 0.15) is 17.5 Å². The second kappa shape index (κ2) is 12.5. The summed E-state index contributed by atoms with van der Waals surface area (Å²) >= 11 is 0. The van der Waals surface area contributed by atoms with Crippen molar-refractivity contribution in [1.82, 2.24) is 0 Å². The molecule has 1 atom stereocenters. The number of carbonyl (C=O) groups is 2. The second-order valence-corrected chi connectivity index (χ2v) is 7.56. The third-order valence-corrected chi connectivity index (χ3v) is 5.18. The van der Waals surface area contributed by atoms with E-state index in [-0.39, 0.29) is 18.3 Å². The standard InChI is InChI=1S/C27H29NO4/c1-28(24-15-9-4-10-16-24)27(30)25(17-18-31-19-22-11-5-2-6-12-22)26(29)21-32-20-23-13-7-3-8-14-23/h2-16,25H,17-21H2,1H3. The van der Waals surface area contributed by atoms with Crippen LogP contribution in [0.15, 0.2) is 91.0 Å². The largest absolute Gasteiger partial charge is 0.377 e. The Hall–Kier alpha value is -3.28. The van der Waals surface area contributed by atoms with Gasteiger partial charge in [-0.05, 0) is 29.7 Å². The third kappa shape index (κ3) is 7.15. The molecule has 0 aromatic heterocycles. The van der Waals surface area contributed by atoms with Gasteiger partial charge in [-0.15, -0.1) is 0 Å². The van der Waals surface area contributed by atoms with Crippen LogP contribution in [0.3, 0.4) is 0 Å². The van der Waals surface area contributed by atoms with Crippen molar-refractivity contribution in [3.05, 3.63) is 102 Å². The number of benzene rings is 3. The van der Waals surface area contributed by atoms with E-state index in [1.807, 2.05) is 91.0 Å². The Morgan fingerprint density at radius 2 is 1.25 bits per heavy atom. The van der Waals surface area contributed by atoms with Gasteiger partial charge in [-0.2, -0.15) is 0 Å². The summed E-state index contributed by atoms with van der Waals surface area (Å²) in [5.74, 6) is -1.32. The maximum absolute atomic E-state index is 13.2. The molecule has 1 amide bonds. The molecule has 166 valence electrons. The number of ether oxygens (including phenoxy) is 2. The number of ketones is 1. The van der Waals surface area contributed by atoms with Gasteiger partial charge >= 0.3 is 0 Å².